The number of fused-ring (bicyclic) bond motifs is 3. The van der Waals surface area contributed by atoms with Crippen LogP contribution in [0.3, 0.4) is 0 Å². The Kier molecular flexibility index (Phi) is 7.39. The molecule has 39 heavy (non-hydrogen) atoms. The number of piperidine rings is 1. The van der Waals surface area contributed by atoms with E-state index in [0.29, 0.717) is 43.4 Å². The van der Waals surface area contributed by atoms with E-state index in [4.69, 9.17) is 18.9 Å². The quantitative estimate of drug-likeness (QED) is 0.557. The molecule has 3 aliphatic heterocycles. The molecule has 0 aliphatic carbocycles. The van der Waals surface area contributed by atoms with Gasteiger partial charge in [-0.3, -0.25) is 9.80 Å². The number of amides is 2. The van der Waals surface area contributed by atoms with Crippen LogP contribution >= 0.6 is 0 Å². The maximum absolute atomic E-state index is 13.9. The highest BCUT2D eigenvalue weighted by Crippen LogP contribution is 2.49. The summed E-state index contributed by atoms with van der Waals surface area (Å²) in [4.78, 5) is 19.9. The fourth-order valence-corrected chi connectivity index (χ4v) is 6.59. The first-order valence-corrected chi connectivity index (χ1v) is 13.5. The lowest BCUT2D eigenvalue weighted by atomic mass is 9.81. The average Bonchev–Trinajstić information content (AvgIpc) is 3.07. The monoisotopic (exact) mass is 537 g/mol. The fourth-order valence-electron chi connectivity index (χ4n) is 6.59. The Morgan fingerprint density at radius 1 is 0.949 bits per heavy atom. The van der Waals surface area contributed by atoms with Crippen molar-refractivity contribution in [3.8, 4) is 23.0 Å². The molecule has 0 bridgehead atoms. The molecule has 210 valence electrons. The SMILES string of the molecule is CCN1C(=O)N2Cc3cc(OC)cc(OC)c3[C@@H](C)C=C2C12CCN(C(O)c1cc(OC)cc(OC)c1)CC2. The van der Waals surface area contributed by atoms with Crippen molar-refractivity contribution in [3.05, 3.63) is 58.8 Å². The van der Waals surface area contributed by atoms with Gasteiger partial charge in [-0.15, -0.1) is 0 Å². The van der Waals surface area contributed by atoms with Crippen molar-refractivity contribution in [2.45, 2.75) is 50.9 Å². The molecule has 3 aliphatic rings. The van der Waals surface area contributed by atoms with Crippen molar-refractivity contribution in [3.63, 3.8) is 0 Å². The molecule has 1 spiro atoms. The summed E-state index contributed by atoms with van der Waals surface area (Å²) >= 11 is 0. The van der Waals surface area contributed by atoms with Gasteiger partial charge in [0.15, 0.2) is 0 Å². The van der Waals surface area contributed by atoms with Crippen LogP contribution in [0, 0.1) is 0 Å². The summed E-state index contributed by atoms with van der Waals surface area (Å²) in [5.41, 5.74) is 3.47. The van der Waals surface area contributed by atoms with Gasteiger partial charge in [0.1, 0.15) is 29.2 Å². The molecule has 0 radical (unpaired) electrons. The number of nitrogens with zero attached hydrogens (tertiary/aromatic N) is 3. The minimum Gasteiger partial charge on any atom is -0.497 e. The number of carbonyl (C=O) groups excluding carboxylic acids is 1. The second-order valence-corrected chi connectivity index (χ2v) is 10.4. The number of aliphatic hydroxyl groups excluding tert-OH is 1. The number of allylic oxidation sites excluding steroid dienone is 1. The Morgan fingerprint density at radius 3 is 2.13 bits per heavy atom. The highest BCUT2D eigenvalue weighted by Gasteiger charge is 2.55. The van der Waals surface area contributed by atoms with Gasteiger partial charge >= 0.3 is 6.03 Å². The fraction of sp³-hybridized carbons (Fsp3) is 0.500. The standard InChI is InChI=1S/C30H39N3O6/c1-7-33-29(35)32-18-21-15-24(38-5)17-25(39-6)27(21)19(2)12-26(32)30(33)8-10-31(11-9-30)28(34)20-13-22(36-3)16-23(14-20)37-4/h12-17,19,28,34H,7-11,18H2,1-6H3/t19-,28?/m0/s1. The van der Waals surface area contributed by atoms with Crippen LogP contribution in [-0.4, -0.2) is 79.4 Å². The number of rotatable bonds is 7. The zero-order chi connectivity index (χ0) is 27.9. The summed E-state index contributed by atoms with van der Waals surface area (Å²) in [6, 6.07) is 9.42. The van der Waals surface area contributed by atoms with E-state index in [2.05, 4.69) is 17.9 Å². The zero-order valence-electron chi connectivity index (χ0n) is 23.7. The van der Waals surface area contributed by atoms with E-state index in [9.17, 15) is 9.90 Å². The summed E-state index contributed by atoms with van der Waals surface area (Å²) < 4.78 is 22.1. The molecule has 3 heterocycles. The first-order chi connectivity index (χ1) is 18.8. The minimum atomic E-state index is -0.808. The van der Waals surface area contributed by atoms with Crippen LogP contribution < -0.4 is 18.9 Å². The van der Waals surface area contributed by atoms with Crippen molar-refractivity contribution >= 4 is 6.03 Å². The largest absolute Gasteiger partial charge is 0.497 e. The first kappa shape index (κ1) is 27.1. The number of methoxy groups -OCH3 is 4. The Bertz CT molecular complexity index is 1250. The third kappa shape index (κ3) is 4.47. The number of benzene rings is 2. The summed E-state index contributed by atoms with van der Waals surface area (Å²) in [7, 11) is 6.52. The smallest absolute Gasteiger partial charge is 0.325 e. The number of likely N-dealkylation sites (N-methyl/N-ethyl adjacent to an activating group) is 1. The number of aliphatic hydroxyl groups is 1. The first-order valence-electron chi connectivity index (χ1n) is 13.5. The normalized spacial score (nSPS) is 21.2. The van der Waals surface area contributed by atoms with Gasteiger partial charge < -0.3 is 29.0 Å². The van der Waals surface area contributed by atoms with Crippen molar-refractivity contribution in [2.75, 3.05) is 48.1 Å². The lowest BCUT2D eigenvalue weighted by Crippen LogP contribution is -2.54. The van der Waals surface area contributed by atoms with Gasteiger partial charge in [-0.1, -0.05) is 13.0 Å². The third-order valence-corrected chi connectivity index (χ3v) is 8.55. The van der Waals surface area contributed by atoms with Crippen LogP contribution in [0.4, 0.5) is 4.79 Å². The molecule has 2 amide bonds. The van der Waals surface area contributed by atoms with Crippen LogP contribution in [0.15, 0.2) is 42.1 Å². The molecule has 1 N–H and O–H groups in total. The molecule has 2 atom stereocenters. The summed E-state index contributed by atoms with van der Waals surface area (Å²) in [6.45, 7) is 6.55. The van der Waals surface area contributed by atoms with Crippen molar-refractivity contribution in [1.29, 1.82) is 0 Å². The molecule has 0 aromatic heterocycles. The number of hydrogen-bond acceptors (Lipinski definition) is 7. The topological polar surface area (TPSA) is 83.9 Å². The van der Waals surface area contributed by atoms with E-state index in [0.717, 1.165) is 41.0 Å². The van der Waals surface area contributed by atoms with Gasteiger partial charge in [0, 0.05) is 54.5 Å². The number of hydrogen-bond donors (Lipinski definition) is 1. The number of carbonyl (C=O) groups is 1. The van der Waals surface area contributed by atoms with Crippen LogP contribution in [0.1, 0.15) is 55.5 Å². The molecule has 2 saturated heterocycles. The molecular formula is C30H39N3O6. The second-order valence-electron chi connectivity index (χ2n) is 10.4. The van der Waals surface area contributed by atoms with E-state index in [1.807, 2.05) is 41.0 Å². The Hall–Kier alpha value is -3.43. The van der Waals surface area contributed by atoms with Crippen LogP contribution in [0.25, 0.3) is 0 Å². The lowest BCUT2D eigenvalue weighted by Gasteiger charge is -2.45. The Labute approximate surface area is 230 Å². The molecule has 0 saturated carbocycles. The predicted octanol–water partition coefficient (Wildman–Crippen LogP) is 4.51. The van der Waals surface area contributed by atoms with Crippen molar-refractivity contribution in [1.82, 2.24) is 14.7 Å². The van der Waals surface area contributed by atoms with E-state index in [-0.39, 0.29) is 11.9 Å². The van der Waals surface area contributed by atoms with E-state index >= 15 is 0 Å². The third-order valence-electron chi connectivity index (χ3n) is 8.55. The van der Waals surface area contributed by atoms with Crippen molar-refractivity contribution in [2.24, 2.45) is 0 Å². The van der Waals surface area contributed by atoms with Gasteiger partial charge in [0.2, 0.25) is 0 Å². The molecule has 1 unspecified atom stereocenters. The summed E-state index contributed by atoms with van der Waals surface area (Å²) in [5, 5.41) is 11.3. The highest BCUT2D eigenvalue weighted by molar-refractivity contribution is 5.83. The molecule has 2 fully saturated rings. The van der Waals surface area contributed by atoms with Gasteiger partial charge in [0.05, 0.1) is 40.5 Å². The van der Waals surface area contributed by atoms with E-state index in [1.165, 1.54) is 0 Å². The summed E-state index contributed by atoms with van der Waals surface area (Å²) in [6.07, 6.45) is 2.87. The lowest BCUT2D eigenvalue weighted by molar-refractivity contribution is -0.0332. The number of urea groups is 1. The predicted molar refractivity (Wildman–Crippen MR) is 147 cm³/mol. The van der Waals surface area contributed by atoms with E-state index in [1.54, 1.807) is 34.5 Å². The number of ether oxygens (including phenoxy) is 4. The average molecular weight is 538 g/mol. The van der Waals surface area contributed by atoms with Gasteiger partial charge in [-0.05, 0) is 43.5 Å². The van der Waals surface area contributed by atoms with Crippen LogP contribution in [0.2, 0.25) is 0 Å². The minimum absolute atomic E-state index is 0.0251. The summed E-state index contributed by atoms with van der Waals surface area (Å²) in [5.74, 6) is 2.81. The van der Waals surface area contributed by atoms with Crippen LogP contribution in [0.5, 0.6) is 23.0 Å². The molecular weight excluding hydrogens is 498 g/mol. The molecule has 2 aromatic carbocycles. The van der Waals surface area contributed by atoms with Gasteiger partial charge in [-0.25, -0.2) is 4.79 Å². The zero-order valence-corrected chi connectivity index (χ0v) is 23.7. The molecule has 5 rings (SSSR count). The Balaban J connectivity index is 1.46. The Morgan fingerprint density at radius 2 is 1.56 bits per heavy atom. The molecule has 2 aromatic rings. The van der Waals surface area contributed by atoms with Crippen LogP contribution in [-0.2, 0) is 6.54 Å². The maximum Gasteiger partial charge on any atom is 0.325 e. The highest BCUT2D eigenvalue weighted by atomic mass is 16.5. The van der Waals surface area contributed by atoms with Crippen molar-refractivity contribution < 1.29 is 28.8 Å². The van der Waals surface area contributed by atoms with E-state index < -0.39 is 11.8 Å². The molecule has 9 nitrogen and oxygen atoms in total. The van der Waals surface area contributed by atoms with Gasteiger partial charge in [-0.2, -0.15) is 0 Å². The second kappa shape index (κ2) is 10.6. The molecule has 9 heteroatoms. The maximum atomic E-state index is 13.9. The van der Waals surface area contributed by atoms with Gasteiger partial charge in [0.25, 0.3) is 0 Å². The number of likely N-dealkylation sites (tertiary alicyclic amines) is 1.